The number of nitrogens with one attached hydrogen (secondary N) is 2. The van der Waals surface area contributed by atoms with E-state index in [9.17, 15) is 24.6 Å². The standard InChI is InChI=1S/C20H22ClN3O6/c1-12(25)17(24-20(29)30-11-13-5-3-2-4-6-13)18(26)23-15(19(27)28)9-14-7-8-16(21)22-10-14/h2-8,10,12,15,17,25H,9,11H2,1H3,(H,23,26)(H,24,29)(H,27,28)/t12-,15-,17+/m1/s1. The molecule has 0 saturated carbocycles. The maximum absolute atomic E-state index is 12.5. The second-order valence-corrected chi connectivity index (χ2v) is 6.90. The van der Waals surface area contributed by atoms with Crippen molar-refractivity contribution in [3.05, 3.63) is 64.9 Å². The van der Waals surface area contributed by atoms with E-state index in [0.29, 0.717) is 5.56 Å². The zero-order valence-corrected chi connectivity index (χ0v) is 16.9. The number of amides is 2. The predicted molar refractivity (Wildman–Crippen MR) is 108 cm³/mol. The van der Waals surface area contributed by atoms with E-state index < -0.39 is 36.2 Å². The lowest BCUT2D eigenvalue weighted by Gasteiger charge is -2.23. The number of pyridine rings is 1. The number of aliphatic hydroxyl groups excluding tert-OH is 1. The Morgan fingerprint density at radius 1 is 1.10 bits per heavy atom. The second-order valence-electron chi connectivity index (χ2n) is 6.52. The Bertz CT molecular complexity index is 861. The monoisotopic (exact) mass is 435 g/mol. The summed E-state index contributed by atoms with van der Waals surface area (Å²) in [5.74, 6) is -2.15. The van der Waals surface area contributed by atoms with E-state index in [-0.39, 0.29) is 18.2 Å². The lowest BCUT2D eigenvalue weighted by Crippen LogP contribution is -2.56. The van der Waals surface area contributed by atoms with Gasteiger partial charge in [0, 0.05) is 12.6 Å². The Kier molecular flexibility index (Phi) is 8.57. The maximum Gasteiger partial charge on any atom is 0.408 e. The Morgan fingerprint density at radius 3 is 2.37 bits per heavy atom. The third-order valence-electron chi connectivity index (χ3n) is 4.09. The fourth-order valence-corrected chi connectivity index (χ4v) is 2.63. The first-order valence-corrected chi connectivity index (χ1v) is 9.43. The van der Waals surface area contributed by atoms with Crippen LogP contribution in [0.4, 0.5) is 4.79 Å². The molecule has 0 bridgehead atoms. The van der Waals surface area contributed by atoms with Gasteiger partial charge < -0.3 is 25.6 Å². The number of carbonyl (C=O) groups is 3. The van der Waals surface area contributed by atoms with E-state index in [1.54, 1.807) is 30.3 Å². The number of aromatic nitrogens is 1. The SMILES string of the molecule is C[C@@H](O)[C@H](NC(=O)OCc1ccccc1)C(=O)N[C@H](Cc1ccc(Cl)nc1)C(=O)O. The molecule has 0 fully saturated rings. The van der Waals surface area contributed by atoms with Crippen LogP contribution in [0.3, 0.4) is 0 Å². The van der Waals surface area contributed by atoms with Crippen molar-refractivity contribution in [3.8, 4) is 0 Å². The van der Waals surface area contributed by atoms with Crippen LogP contribution in [0.5, 0.6) is 0 Å². The van der Waals surface area contributed by atoms with Gasteiger partial charge in [-0.3, -0.25) is 4.79 Å². The minimum atomic E-state index is -1.40. The van der Waals surface area contributed by atoms with Crippen molar-refractivity contribution in [3.63, 3.8) is 0 Å². The molecule has 0 spiro atoms. The molecule has 0 aliphatic carbocycles. The third-order valence-corrected chi connectivity index (χ3v) is 4.32. The maximum atomic E-state index is 12.5. The van der Waals surface area contributed by atoms with Crippen molar-refractivity contribution in [2.75, 3.05) is 0 Å². The molecule has 160 valence electrons. The van der Waals surface area contributed by atoms with Crippen LogP contribution in [-0.4, -0.2) is 51.4 Å². The van der Waals surface area contributed by atoms with Gasteiger partial charge in [0.2, 0.25) is 5.91 Å². The zero-order valence-electron chi connectivity index (χ0n) is 16.1. The summed E-state index contributed by atoms with van der Waals surface area (Å²) >= 11 is 5.71. The second kappa shape index (κ2) is 11.1. The molecule has 4 N–H and O–H groups in total. The van der Waals surface area contributed by atoms with Crippen molar-refractivity contribution >= 4 is 29.6 Å². The molecule has 30 heavy (non-hydrogen) atoms. The van der Waals surface area contributed by atoms with Crippen LogP contribution >= 0.6 is 11.6 Å². The van der Waals surface area contributed by atoms with Crippen LogP contribution in [0.25, 0.3) is 0 Å². The number of aliphatic hydroxyl groups is 1. The topological polar surface area (TPSA) is 138 Å². The summed E-state index contributed by atoms with van der Waals surface area (Å²) < 4.78 is 5.04. The third kappa shape index (κ3) is 7.34. The highest BCUT2D eigenvalue weighted by Gasteiger charge is 2.30. The number of hydrogen-bond acceptors (Lipinski definition) is 6. The van der Waals surface area contributed by atoms with Crippen LogP contribution in [-0.2, 0) is 27.4 Å². The Morgan fingerprint density at radius 2 is 1.80 bits per heavy atom. The Balaban J connectivity index is 1.97. The highest BCUT2D eigenvalue weighted by Crippen LogP contribution is 2.08. The minimum Gasteiger partial charge on any atom is -0.480 e. The first kappa shape index (κ1) is 23.1. The summed E-state index contributed by atoms with van der Waals surface area (Å²) in [7, 11) is 0. The van der Waals surface area contributed by atoms with E-state index in [1.165, 1.54) is 19.2 Å². The summed E-state index contributed by atoms with van der Waals surface area (Å²) in [4.78, 5) is 39.9. The van der Waals surface area contributed by atoms with Crippen molar-refractivity contribution in [1.29, 1.82) is 0 Å². The Hall–Kier alpha value is -3.17. The van der Waals surface area contributed by atoms with Gasteiger partial charge in [-0.05, 0) is 24.1 Å². The summed E-state index contributed by atoms with van der Waals surface area (Å²) in [6.45, 7) is 1.27. The molecule has 2 amide bonds. The molecule has 10 heteroatoms. The minimum absolute atomic E-state index is 0.0257. The number of ether oxygens (including phenoxy) is 1. The molecule has 3 atom stereocenters. The first-order valence-electron chi connectivity index (χ1n) is 9.05. The highest BCUT2D eigenvalue weighted by atomic mass is 35.5. The van der Waals surface area contributed by atoms with Crippen LogP contribution in [0.15, 0.2) is 48.7 Å². The molecule has 0 aliphatic heterocycles. The van der Waals surface area contributed by atoms with Gasteiger partial charge in [0.05, 0.1) is 6.10 Å². The zero-order chi connectivity index (χ0) is 22.1. The fraction of sp³-hybridized carbons (Fsp3) is 0.300. The molecular formula is C20H22ClN3O6. The highest BCUT2D eigenvalue weighted by molar-refractivity contribution is 6.29. The van der Waals surface area contributed by atoms with E-state index >= 15 is 0 Å². The molecule has 0 radical (unpaired) electrons. The van der Waals surface area contributed by atoms with Crippen LogP contribution < -0.4 is 10.6 Å². The number of halogens is 1. The number of rotatable bonds is 9. The lowest BCUT2D eigenvalue weighted by atomic mass is 10.1. The smallest absolute Gasteiger partial charge is 0.408 e. The van der Waals surface area contributed by atoms with Gasteiger partial charge in [0.1, 0.15) is 23.8 Å². The summed E-state index contributed by atoms with van der Waals surface area (Å²) in [5.41, 5.74) is 1.28. The number of nitrogens with zero attached hydrogens (tertiary/aromatic N) is 1. The predicted octanol–water partition coefficient (Wildman–Crippen LogP) is 1.52. The average Bonchev–Trinajstić information content (AvgIpc) is 2.71. The molecular weight excluding hydrogens is 414 g/mol. The lowest BCUT2D eigenvalue weighted by molar-refractivity contribution is -0.142. The van der Waals surface area contributed by atoms with Crippen molar-refractivity contribution < 1.29 is 29.3 Å². The van der Waals surface area contributed by atoms with E-state index in [0.717, 1.165) is 5.56 Å². The molecule has 1 aromatic heterocycles. The van der Waals surface area contributed by atoms with E-state index in [2.05, 4.69) is 15.6 Å². The first-order chi connectivity index (χ1) is 14.3. The van der Waals surface area contributed by atoms with Crippen LogP contribution in [0.1, 0.15) is 18.1 Å². The van der Waals surface area contributed by atoms with Gasteiger partial charge in [0.25, 0.3) is 0 Å². The quantitative estimate of drug-likeness (QED) is 0.438. The van der Waals surface area contributed by atoms with E-state index in [4.69, 9.17) is 16.3 Å². The number of aliphatic carboxylic acids is 1. The number of benzene rings is 1. The van der Waals surface area contributed by atoms with Gasteiger partial charge in [-0.2, -0.15) is 0 Å². The molecule has 0 aliphatic rings. The van der Waals surface area contributed by atoms with Gasteiger partial charge in [-0.1, -0.05) is 48.0 Å². The molecule has 1 aromatic carbocycles. The number of carboxylic acids is 1. The molecule has 2 rings (SSSR count). The number of carbonyl (C=O) groups excluding carboxylic acids is 2. The normalized spacial score (nSPS) is 13.6. The molecule has 2 aromatic rings. The molecule has 0 saturated heterocycles. The average molecular weight is 436 g/mol. The van der Waals surface area contributed by atoms with Crippen LogP contribution in [0.2, 0.25) is 5.15 Å². The largest absolute Gasteiger partial charge is 0.480 e. The van der Waals surface area contributed by atoms with Gasteiger partial charge in [-0.25, -0.2) is 14.6 Å². The number of hydrogen-bond donors (Lipinski definition) is 4. The van der Waals surface area contributed by atoms with Crippen LogP contribution in [0, 0.1) is 0 Å². The van der Waals surface area contributed by atoms with Crippen molar-refractivity contribution in [2.24, 2.45) is 0 Å². The number of alkyl carbamates (subject to hydrolysis) is 1. The van der Waals surface area contributed by atoms with Crippen molar-refractivity contribution in [1.82, 2.24) is 15.6 Å². The van der Waals surface area contributed by atoms with E-state index in [1.807, 2.05) is 6.07 Å². The molecule has 1 heterocycles. The molecule has 0 unspecified atom stereocenters. The summed E-state index contributed by atoms with van der Waals surface area (Å²) in [6, 6.07) is 9.28. The molecule has 9 nitrogen and oxygen atoms in total. The summed E-state index contributed by atoms with van der Waals surface area (Å²) in [5, 5.41) is 24.1. The van der Waals surface area contributed by atoms with Gasteiger partial charge in [0.15, 0.2) is 0 Å². The fourth-order valence-electron chi connectivity index (χ4n) is 2.52. The summed E-state index contributed by atoms with van der Waals surface area (Å²) in [6.07, 6.45) is -0.874. The van der Waals surface area contributed by atoms with Gasteiger partial charge >= 0.3 is 12.1 Å². The number of carboxylic acid groups (broad SMARTS) is 1. The van der Waals surface area contributed by atoms with Crippen molar-refractivity contribution in [2.45, 2.75) is 38.1 Å². The van der Waals surface area contributed by atoms with Gasteiger partial charge in [-0.15, -0.1) is 0 Å². The Labute approximate surface area is 178 Å².